The number of nitrogens with zero attached hydrogens (tertiary/aromatic N) is 2. The fourth-order valence-electron chi connectivity index (χ4n) is 3.19. The van der Waals surface area contributed by atoms with Crippen LogP contribution in [0.3, 0.4) is 0 Å². The van der Waals surface area contributed by atoms with Gasteiger partial charge in [0.2, 0.25) is 5.88 Å². The lowest BCUT2D eigenvalue weighted by atomic mass is 10.2. The zero-order chi connectivity index (χ0) is 22.0. The summed E-state index contributed by atoms with van der Waals surface area (Å²) >= 11 is 12.0. The minimum atomic E-state index is -1.44. The Hall–Kier alpha value is -3.29. The van der Waals surface area contributed by atoms with Crippen molar-refractivity contribution in [3.05, 3.63) is 87.9 Å². The molecule has 0 saturated heterocycles. The quantitative estimate of drug-likeness (QED) is 0.348. The molecule has 158 valence electrons. The Morgan fingerprint density at radius 2 is 1.84 bits per heavy atom. The number of hydrogen-bond donors (Lipinski definition) is 1. The van der Waals surface area contributed by atoms with E-state index < -0.39 is 12.0 Å². The second-order valence-corrected chi connectivity index (χ2v) is 7.51. The van der Waals surface area contributed by atoms with Gasteiger partial charge in [0.25, 0.3) is 0 Å². The molecule has 2 aromatic carbocycles. The highest BCUT2D eigenvalue weighted by atomic mass is 35.5. The highest BCUT2D eigenvalue weighted by Gasteiger charge is 2.14. The number of carboxylic acid groups (broad SMARTS) is 1. The number of pyridine rings is 1. The molecule has 0 spiro atoms. The van der Waals surface area contributed by atoms with Crippen LogP contribution >= 0.6 is 23.2 Å². The maximum absolute atomic E-state index is 14.1. The van der Waals surface area contributed by atoms with Gasteiger partial charge in [0, 0.05) is 33.6 Å². The molecule has 2 heterocycles. The van der Waals surface area contributed by atoms with Gasteiger partial charge < -0.3 is 19.1 Å². The minimum absolute atomic E-state index is 0.00420. The number of fused-ring (bicyclic) bond motifs is 1. The van der Waals surface area contributed by atoms with Gasteiger partial charge in [-0.3, -0.25) is 0 Å². The van der Waals surface area contributed by atoms with Crippen molar-refractivity contribution in [2.75, 3.05) is 0 Å². The van der Waals surface area contributed by atoms with E-state index in [0.717, 1.165) is 11.1 Å². The summed E-state index contributed by atoms with van der Waals surface area (Å²) in [5.41, 5.74) is 1.86. The molecule has 0 radical (unpaired) electrons. The first-order chi connectivity index (χ1) is 14.9. The molecule has 2 aromatic heterocycles. The Labute approximate surface area is 186 Å². The normalized spacial score (nSPS) is 10.9. The maximum Gasteiger partial charge on any atom is 0.512 e. The Morgan fingerprint density at radius 1 is 1.06 bits per heavy atom. The minimum Gasteiger partial charge on any atom is -0.488 e. The van der Waals surface area contributed by atoms with Gasteiger partial charge in [0.05, 0.1) is 17.4 Å². The monoisotopic (exact) mass is 460 g/mol. The van der Waals surface area contributed by atoms with Gasteiger partial charge in [-0.25, -0.2) is 14.2 Å². The molecular formula is C22H15Cl2FN2O4. The van der Waals surface area contributed by atoms with Crippen molar-refractivity contribution in [3.8, 4) is 11.6 Å². The Balaban J connectivity index is 1.62. The van der Waals surface area contributed by atoms with E-state index in [9.17, 15) is 9.18 Å². The molecule has 1 N–H and O–H groups in total. The van der Waals surface area contributed by atoms with E-state index in [1.54, 1.807) is 48.7 Å². The lowest BCUT2D eigenvalue weighted by molar-refractivity contribution is 0.143. The van der Waals surface area contributed by atoms with Gasteiger partial charge in [-0.1, -0.05) is 29.3 Å². The summed E-state index contributed by atoms with van der Waals surface area (Å²) in [5, 5.41) is 10.3. The number of ether oxygens (including phenoxy) is 2. The molecule has 0 saturated carbocycles. The van der Waals surface area contributed by atoms with Gasteiger partial charge in [0.1, 0.15) is 18.2 Å². The number of rotatable bonds is 6. The Kier molecular flexibility index (Phi) is 5.97. The van der Waals surface area contributed by atoms with E-state index in [0.29, 0.717) is 33.3 Å². The van der Waals surface area contributed by atoms with E-state index >= 15 is 0 Å². The zero-order valence-electron chi connectivity index (χ0n) is 15.9. The number of hydrogen-bond acceptors (Lipinski definition) is 4. The standard InChI is InChI=1S/C22H15Cl2FN2O4/c23-15-3-4-20(30-12-13-1-2-16(24)10-18(13)25)14(9-15)11-27-8-6-17-19(27)5-7-26-21(17)31-22(28)29/h1-10H,11-12H2,(H,28,29). The van der Waals surface area contributed by atoms with Crippen LogP contribution in [-0.4, -0.2) is 20.8 Å². The van der Waals surface area contributed by atoms with Gasteiger partial charge in [0.15, 0.2) is 0 Å². The Bertz CT molecular complexity index is 1280. The molecule has 0 aliphatic rings. The van der Waals surface area contributed by atoms with Crippen molar-refractivity contribution in [1.29, 1.82) is 0 Å². The Morgan fingerprint density at radius 3 is 2.61 bits per heavy atom. The summed E-state index contributed by atoms with van der Waals surface area (Å²) in [6.45, 7) is 0.392. The van der Waals surface area contributed by atoms with Crippen molar-refractivity contribution in [2.24, 2.45) is 0 Å². The second kappa shape index (κ2) is 8.83. The van der Waals surface area contributed by atoms with Crippen molar-refractivity contribution in [2.45, 2.75) is 13.2 Å². The summed E-state index contributed by atoms with van der Waals surface area (Å²) < 4.78 is 26.6. The lowest BCUT2D eigenvalue weighted by Crippen LogP contribution is -2.06. The molecule has 0 bridgehead atoms. The molecule has 0 fully saturated rings. The number of carbonyl (C=O) groups is 1. The van der Waals surface area contributed by atoms with Crippen LogP contribution in [0.4, 0.5) is 9.18 Å². The van der Waals surface area contributed by atoms with Gasteiger partial charge >= 0.3 is 6.16 Å². The fourth-order valence-corrected chi connectivity index (χ4v) is 3.54. The third-order valence-electron chi connectivity index (χ3n) is 4.61. The van der Waals surface area contributed by atoms with Crippen LogP contribution in [0.1, 0.15) is 11.1 Å². The second-order valence-electron chi connectivity index (χ2n) is 6.64. The molecule has 0 atom stereocenters. The van der Waals surface area contributed by atoms with Gasteiger partial charge in [-0.2, -0.15) is 0 Å². The largest absolute Gasteiger partial charge is 0.512 e. The molecule has 31 heavy (non-hydrogen) atoms. The first-order valence-corrected chi connectivity index (χ1v) is 9.86. The summed E-state index contributed by atoms with van der Waals surface area (Å²) in [6, 6.07) is 13.0. The van der Waals surface area contributed by atoms with E-state index in [1.807, 2.05) is 4.57 Å². The first kappa shape index (κ1) is 21.0. The van der Waals surface area contributed by atoms with E-state index in [4.69, 9.17) is 37.8 Å². The smallest absolute Gasteiger partial charge is 0.488 e. The average molecular weight is 461 g/mol. The molecule has 0 aliphatic heterocycles. The number of halogens is 3. The molecule has 4 aromatic rings. The van der Waals surface area contributed by atoms with Crippen molar-refractivity contribution in [3.63, 3.8) is 0 Å². The topological polar surface area (TPSA) is 73.6 Å². The van der Waals surface area contributed by atoms with Crippen LogP contribution < -0.4 is 9.47 Å². The number of benzene rings is 2. The maximum atomic E-state index is 14.1. The summed E-state index contributed by atoms with van der Waals surface area (Å²) in [6.07, 6.45) is 1.81. The predicted molar refractivity (Wildman–Crippen MR) is 115 cm³/mol. The number of aromatic nitrogens is 2. The SMILES string of the molecule is O=C(O)Oc1nccc2c1ccn2Cc1cc(Cl)ccc1OCc1ccc(Cl)cc1F. The molecular weight excluding hydrogens is 446 g/mol. The van der Waals surface area contributed by atoms with Gasteiger partial charge in [-0.15, -0.1) is 0 Å². The molecule has 0 unspecified atom stereocenters. The third-order valence-corrected chi connectivity index (χ3v) is 5.08. The summed E-state index contributed by atoms with van der Waals surface area (Å²) in [5.74, 6) is 0.0964. The van der Waals surface area contributed by atoms with Crippen molar-refractivity contribution >= 4 is 40.3 Å². The van der Waals surface area contributed by atoms with E-state index in [1.165, 1.54) is 12.3 Å². The molecule has 0 amide bonds. The van der Waals surface area contributed by atoms with Gasteiger partial charge in [-0.05, 0) is 42.5 Å². The van der Waals surface area contributed by atoms with Crippen LogP contribution in [0.2, 0.25) is 10.0 Å². The highest BCUT2D eigenvalue weighted by Crippen LogP contribution is 2.29. The lowest BCUT2D eigenvalue weighted by Gasteiger charge is -2.14. The molecule has 4 rings (SSSR count). The third kappa shape index (κ3) is 4.73. The zero-order valence-corrected chi connectivity index (χ0v) is 17.4. The van der Waals surface area contributed by atoms with E-state index in [2.05, 4.69) is 4.98 Å². The van der Waals surface area contributed by atoms with Crippen LogP contribution in [0.5, 0.6) is 11.6 Å². The van der Waals surface area contributed by atoms with Crippen molar-refractivity contribution < 1.29 is 23.8 Å². The molecule has 0 aliphatic carbocycles. The summed E-state index contributed by atoms with van der Waals surface area (Å²) in [4.78, 5) is 14.9. The van der Waals surface area contributed by atoms with E-state index in [-0.39, 0.29) is 12.5 Å². The van der Waals surface area contributed by atoms with Crippen LogP contribution in [-0.2, 0) is 13.2 Å². The van der Waals surface area contributed by atoms with Crippen LogP contribution in [0.15, 0.2) is 60.9 Å². The predicted octanol–water partition coefficient (Wildman–Crippen LogP) is 6.17. The van der Waals surface area contributed by atoms with Crippen molar-refractivity contribution in [1.82, 2.24) is 9.55 Å². The first-order valence-electron chi connectivity index (χ1n) is 9.10. The summed E-state index contributed by atoms with van der Waals surface area (Å²) in [7, 11) is 0. The molecule has 9 heteroatoms. The fraction of sp³-hybridized carbons (Fsp3) is 0.0909. The van der Waals surface area contributed by atoms with Crippen LogP contribution in [0.25, 0.3) is 10.9 Å². The molecule has 6 nitrogen and oxygen atoms in total. The van der Waals surface area contributed by atoms with Crippen LogP contribution in [0, 0.1) is 5.82 Å². The average Bonchev–Trinajstić information content (AvgIpc) is 3.12. The highest BCUT2D eigenvalue weighted by molar-refractivity contribution is 6.30.